The number of methoxy groups -OCH3 is 3. The number of nitrogens with one attached hydrogen (secondary N) is 2. The first-order valence-electron chi connectivity index (χ1n) is 10.2. The van der Waals surface area contributed by atoms with E-state index in [0.717, 1.165) is 0 Å². The van der Waals surface area contributed by atoms with Crippen molar-refractivity contribution < 1.29 is 57.7 Å². The second-order valence-electron chi connectivity index (χ2n) is 6.64. The van der Waals surface area contributed by atoms with E-state index < -0.39 is 42.1 Å². The first-order chi connectivity index (χ1) is 17.0. The molecule has 202 valence electrons. The van der Waals surface area contributed by atoms with E-state index >= 15 is 0 Å². The average molecular weight is 518 g/mol. The Morgan fingerprint density at radius 1 is 0.972 bits per heavy atom. The Bertz CT molecular complexity index is 827. The number of carbonyl (C=O) groups excluding carboxylic acids is 5. The van der Waals surface area contributed by atoms with Gasteiger partial charge in [-0.1, -0.05) is 6.58 Å². The van der Waals surface area contributed by atoms with E-state index in [1.54, 1.807) is 7.11 Å². The van der Waals surface area contributed by atoms with E-state index in [2.05, 4.69) is 36.5 Å². The van der Waals surface area contributed by atoms with Gasteiger partial charge in [-0.25, -0.2) is 9.79 Å². The molecule has 0 aromatic carbocycles. The van der Waals surface area contributed by atoms with Gasteiger partial charge >= 0.3 is 11.9 Å². The van der Waals surface area contributed by atoms with Gasteiger partial charge in [0.05, 0.1) is 0 Å². The van der Waals surface area contributed by atoms with Crippen LogP contribution in [0.3, 0.4) is 0 Å². The van der Waals surface area contributed by atoms with Crippen molar-refractivity contribution in [3.63, 3.8) is 0 Å². The molecule has 1 saturated heterocycles. The molecule has 4 amide bonds. The van der Waals surface area contributed by atoms with Crippen LogP contribution in [0.25, 0.3) is 0 Å². The zero-order chi connectivity index (χ0) is 27.5. The van der Waals surface area contributed by atoms with Crippen LogP contribution in [0.2, 0.25) is 0 Å². The van der Waals surface area contributed by atoms with Crippen molar-refractivity contribution in [2.24, 2.45) is 4.99 Å². The van der Waals surface area contributed by atoms with Crippen molar-refractivity contribution in [3.8, 4) is 0 Å². The van der Waals surface area contributed by atoms with Gasteiger partial charge in [-0.15, -0.1) is 5.06 Å². The number of aliphatic imine (C=N–C) groups is 1. The van der Waals surface area contributed by atoms with E-state index in [1.165, 1.54) is 14.2 Å². The number of imide groups is 1. The van der Waals surface area contributed by atoms with Crippen LogP contribution >= 0.6 is 0 Å². The molecule has 36 heavy (non-hydrogen) atoms. The molecule has 2 heterocycles. The summed E-state index contributed by atoms with van der Waals surface area (Å²) in [5, 5.41) is 12.8. The number of ether oxygens (including phenoxy) is 4. The van der Waals surface area contributed by atoms with Gasteiger partial charge in [0.25, 0.3) is 11.8 Å². The quantitative estimate of drug-likeness (QED) is 0.248. The first kappa shape index (κ1) is 32.1. The highest BCUT2D eigenvalue weighted by atomic mass is 16.7. The van der Waals surface area contributed by atoms with E-state index in [4.69, 9.17) is 14.6 Å². The lowest BCUT2D eigenvalue weighted by Crippen LogP contribution is -2.38. The van der Waals surface area contributed by atoms with Gasteiger partial charge in [-0.3, -0.25) is 24.0 Å². The molecule has 0 spiro atoms. The maximum absolute atomic E-state index is 11.2. The van der Waals surface area contributed by atoms with Crippen LogP contribution in [-0.4, -0.2) is 112 Å². The highest BCUT2D eigenvalue weighted by Gasteiger charge is 2.32. The molecule has 0 unspecified atom stereocenters. The summed E-state index contributed by atoms with van der Waals surface area (Å²) in [6, 6.07) is 0. The third-order valence-corrected chi connectivity index (χ3v) is 3.58. The van der Waals surface area contributed by atoms with Gasteiger partial charge in [-0.2, -0.15) is 0 Å². The predicted molar refractivity (Wildman–Crippen MR) is 119 cm³/mol. The Labute approximate surface area is 206 Å². The maximum atomic E-state index is 11.2. The van der Waals surface area contributed by atoms with Crippen LogP contribution in [0.15, 0.2) is 17.3 Å². The standard InChI is InChI=1S/C9H12N2O6.C6H9NO2.C5H9NO4/c1-16-5-6(12)10-4-9(15)17-11-7(13)2-3-8(11)14;1-5-3-7-6(9-5)4-8-2;1-10-3-4(7)6-2-5(8)9/h2-5H2,1H3,(H,10,12);1,3-4H2,2H3;2-3H2,1H3,(H,6,7)(H,8,9). The van der Waals surface area contributed by atoms with Crippen LogP contribution in [0.4, 0.5) is 0 Å². The van der Waals surface area contributed by atoms with Crippen LogP contribution < -0.4 is 10.6 Å². The van der Waals surface area contributed by atoms with E-state index in [0.29, 0.717) is 29.9 Å². The summed E-state index contributed by atoms with van der Waals surface area (Å²) in [5.74, 6) is -2.68. The van der Waals surface area contributed by atoms with Crippen molar-refractivity contribution in [1.82, 2.24) is 15.7 Å². The summed E-state index contributed by atoms with van der Waals surface area (Å²) in [6.07, 6.45) is 0.0598. The number of hydroxylamine groups is 2. The van der Waals surface area contributed by atoms with Crippen molar-refractivity contribution >= 4 is 41.5 Å². The number of nitrogens with zero attached hydrogens (tertiary/aromatic N) is 2. The number of amides is 4. The highest BCUT2D eigenvalue weighted by molar-refractivity contribution is 6.01. The van der Waals surface area contributed by atoms with E-state index in [1.807, 2.05) is 0 Å². The third-order valence-electron chi connectivity index (χ3n) is 3.58. The van der Waals surface area contributed by atoms with Crippen LogP contribution in [0, 0.1) is 0 Å². The molecule has 16 heteroatoms. The molecule has 2 rings (SSSR count). The van der Waals surface area contributed by atoms with Gasteiger partial charge in [0, 0.05) is 34.2 Å². The SMILES string of the molecule is C=C1CN=C(COC)O1.COCC(=O)NCC(=O)O.COCC(=O)NCC(=O)ON1C(=O)CCC1=O. The summed E-state index contributed by atoms with van der Waals surface area (Å²) < 4.78 is 18.8. The molecule has 0 bridgehead atoms. The lowest BCUT2D eigenvalue weighted by Gasteiger charge is -2.12. The monoisotopic (exact) mass is 518 g/mol. The molecule has 0 aromatic rings. The molecule has 2 aliphatic heterocycles. The third kappa shape index (κ3) is 15.1. The predicted octanol–water partition coefficient (Wildman–Crippen LogP) is -2.23. The van der Waals surface area contributed by atoms with Crippen molar-refractivity contribution in [2.75, 3.05) is 60.8 Å². The highest BCUT2D eigenvalue weighted by Crippen LogP contribution is 2.11. The van der Waals surface area contributed by atoms with Crippen molar-refractivity contribution in [1.29, 1.82) is 0 Å². The summed E-state index contributed by atoms with van der Waals surface area (Å²) in [7, 11) is 4.30. The van der Waals surface area contributed by atoms with Crippen LogP contribution in [-0.2, 0) is 52.6 Å². The normalized spacial score (nSPS) is 13.9. The fourth-order valence-electron chi connectivity index (χ4n) is 2.11. The topological polar surface area (TPSA) is 208 Å². The summed E-state index contributed by atoms with van der Waals surface area (Å²) in [5.41, 5.74) is 0. The summed E-state index contributed by atoms with van der Waals surface area (Å²) >= 11 is 0. The molecule has 0 aromatic heterocycles. The van der Waals surface area contributed by atoms with Gasteiger partial charge in [0.15, 0.2) is 0 Å². The summed E-state index contributed by atoms with van der Waals surface area (Å²) in [6.45, 7) is 3.54. The number of hydrogen-bond acceptors (Lipinski definition) is 12. The smallest absolute Gasteiger partial charge is 0.352 e. The van der Waals surface area contributed by atoms with Gasteiger partial charge in [-0.05, 0) is 0 Å². The minimum Gasteiger partial charge on any atom is -0.480 e. The number of hydrogen-bond donors (Lipinski definition) is 3. The Hall–Kier alpha value is -3.89. The van der Waals surface area contributed by atoms with E-state index in [-0.39, 0.29) is 32.6 Å². The van der Waals surface area contributed by atoms with Gasteiger partial charge in [0.1, 0.15) is 45.2 Å². The zero-order valence-corrected chi connectivity index (χ0v) is 20.2. The molecule has 0 aliphatic carbocycles. The Kier molecular flexibility index (Phi) is 16.4. The molecule has 1 fully saturated rings. The first-order valence-corrected chi connectivity index (χ1v) is 10.2. The largest absolute Gasteiger partial charge is 0.480 e. The van der Waals surface area contributed by atoms with Crippen LogP contribution in [0.5, 0.6) is 0 Å². The van der Waals surface area contributed by atoms with Crippen molar-refractivity contribution in [3.05, 3.63) is 12.3 Å². The number of carboxylic acids is 1. The number of rotatable bonds is 11. The maximum Gasteiger partial charge on any atom is 0.352 e. The fraction of sp³-hybridized carbons (Fsp3) is 0.550. The van der Waals surface area contributed by atoms with Gasteiger partial charge in [0.2, 0.25) is 17.7 Å². The molecule has 0 atom stereocenters. The number of carboxylic acid groups (broad SMARTS) is 1. The number of carbonyl (C=O) groups is 6. The zero-order valence-electron chi connectivity index (χ0n) is 20.2. The molecule has 0 radical (unpaired) electrons. The molecule has 0 saturated carbocycles. The second-order valence-corrected chi connectivity index (χ2v) is 6.64. The molecule has 3 N–H and O–H groups in total. The second kappa shape index (κ2) is 18.4. The Balaban J connectivity index is 0.000000551. The Morgan fingerprint density at radius 2 is 1.50 bits per heavy atom. The fourth-order valence-corrected chi connectivity index (χ4v) is 2.11. The molecule has 16 nitrogen and oxygen atoms in total. The minimum atomic E-state index is -1.07. The lowest BCUT2D eigenvalue weighted by atomic mass is 10.4. The van der Waals surface area contributed by atoms with E-state index in [9.17, 15) is 28.8 Å². The molecular weight excluding hydrogens is 488 g/mol. The molecular formula is C20H30N4O12. The average Bonchev–Trinajstić information content (AvgIpc) is 3.37. The molecule has 2 aliphatic rings. The van der Waals surface area contributed by atoms with Crippen LogP contribution in [0.1, 0.15) is 12.8 Å². The number of aliphatic carboxylic acids is 1. The van der Waals surface area contributed by atoms with Crippen molar-refractivity contribution in [2.45, 2.75) is 12.8 Å². The minimum absolute atomic E-state index is 0.0299. The summed E-state index contributed by atoms with van der Waals surface area (Å²) in [4.78, 5) is 73.0. The van der Waals surface area contributed by atoms with Gasteiger partial charge < -0.3 is 39.5 Å². The Morgan fingerprint density at radius 3 is 1.92 bits per heavy atom. The lowest BCUT2D eigenvalue weighted by molar-refractivity contribution is -0.196.